The molecule has 1 saturated heterocycles. The number of alkyl halides is 3. The molecule has 3 aromatic heterocycles. The second kappa shape index (κ2) is 9.48. The molecule has 1 unspecified atom stereocenters. The van der Waals surface area contributed by atoms with Crippen LogP contribution in [0.25, 0.3) is 10.6 Å². The predicted molar refractivity (Wildman–Crippen MR) is 109 cm³/mol. The molecular weight excluding hydrogens is 451 g/mol. The molecule has 3 aromatic rings. The molecular formula is C18H20F3N7O3S. The average molecular weight is 471 g/mol. The Morgan fingerprint density at radius 3 is 2.66 bits per heavy atom. The smallest absolute Gasteiger partial charge is 0.475 e. The van der Waals surface area contributed by atoms with Gasteiger partial charge in [-0.2, -0.15) is 23.4 Å². The summed E-state index contributed by atoms with van der Waals surface area (Å²) in [6.45, 7) is 3.76. The van der Waals surface area contributed by atoms with Crippen LogP contribution in [0.2, 0.25) is 0 Å². The second-order valence-electron chi connectivity index (χ2n) is 6.92. The summed E-state index contributed by atoms with van der Waals surface area (Å²) in [5.41, 5.74) is 1.62. The number of carboxylic acid groups (broad SMARTS) is 1. The third-order valence-corrected chi connectivity index (χ3v) is 5.66. The lowest BCUT2D eigenvalue weighted by molar-refractivity contribution is -0.192. The Hall–Kier alpha value is -3.26. The maximum atomic E-state index is 12.6. The molecule has 14 heteroatoms. The summed E-state index contributed by atoms with van der Waals surface area (Å²) in [6, 6.07) is 2.18. The Kier molecular flexibility index (Phi) is 6.93. The highest BCUT2D eigenvalue weighted by molar-refractivity contribution is 7.17. The lowest BCUT2D eigenvalue weighted by Gasteiger charge is -2.08. The van der Waals surface area contributed by atoms with Gasteiger partial charge in [0.05, 0.1) is 17.9 Å². The zero-order valence-electron chi connectivity index (χ0n) is 17.0. The quantitative estimate of drug-likeness (QED) is 0.534. The first-order valence-electron chi connectivity index (χ1n) is 9.38. The molecule has 1 aliphatic heterocycles. The molecule has 1 aliphatic rings. The molecule has 0 saturated carbocycles. The zero-order valence-corrected chi connectivity index (χ0v) is 17.9. The first-order chi connectivity index (χ1) is 15.0. The number of anilines is 1. The molecule has 10 nitrogen and oxygen atoms in total. The van der Waals surface area contributed by atoms with Crippen LogP contribution in [0.1, 0.15) is 27.8 Å². The van der Waals surface area contributed by atoms with Crippen LogP contribution in [0, 0.1) is 6.92 Å². The highest BCUT2D eigenvalue weighted by Gasteiger charge is 2.38. The largest absolute Gasteiger partial charge is 0.490 e. The van der Waals surface area contributed by atoms with Crippen LogP contribution in [0.15, 0.2) is 24.7 Å². The number of hydrogen-bond acceptors (Lipinski definition) is 7. The van der Waals surface area contributed by atoms with Crippen molar-refractivity contribution >= 4 is 29.0 Å². The fourth-order valence-corrected chi connectivity index (χ4v) is 3.84. The maximum Gasteiger partial charge on any atom is 0.490 e. The molecule has 172 valence electrons. The third-order valence-electron chi connectivity index (χ3n) is 4.46. The Labute approximate surface area is 184 Å². The standard InChI is InChI=1S/C16H19N7OS.C2HF3O2/c1-10-14(25-16(19-10)11-7-18-22(2)9-11)15(24)20-13-4-6-23(21-13)12-3-5-17-8-12;3-2(4,5)1(6)7/h4,6-7,9,12,17H,3,5,8H2,1-2H3,(H,20,21,24);(H,6,7). The normalized spacial score (nSPS) is 15.8. The Bertz CT molecular complexity index is 1100. The number of rotatable bonds is 4. The van der Waals surface area contributed by atoms with E-state index in [-0.39, 0.29) is 5.91 Å². The van der Waals surface area contributed by atoms with Gasteiger partial charge in [-0.15, -0.1) is 11.3 Å². The number of carboxylic acids is 1. The molecule has 0 aromatic carbocycles. The Morgan fingerprint density at radius 2 is 2.09 bits per heavy atom. The van der Waals surface area contributed by atoms with Gasteiger partial charge in [0.2, 0.25) is 0 Å². The number of carbonyl (C=O) groups is 2. The minimum Gasteiger partial charge on any atom is -0.475 e. The number of nitrogens with one attached hydrogen (secondary N) is 2. The summed E-state index contributed by atoms with van der Waals surface area (Å²) in [5.74, 6) is -2.37. The molecule has 32 heavy (non-hydrogen) atoms. The molecule has 0 bridgehead atoms. The first-order valence-corrected chi connectivity index (χ1v) is 10.2. The van der Waals surface area contributed by atoms with Crippen molar-refractivity contribution in [2.45, 2.75) is 25.6 Å². The summed E-state index contributed by atoms with van der Waals surface area (Å²) >= 11 is 1.36. The van der Waals surface area contributed by atoms with E-state index in [1.807, 2.05) is 37.1 Å². The summed E-state index contributed by atoms with van der Waals surface area (Å²) in [4.78, 5) is 26.6. The van der Waals surface area contributed by atoms with Crippen LogP contribution in [0.4, 0.5) is 19.0 Å². The van der Waals surface area contributed by atoms with Gasteiger partial charge < -0.3 is 15.7 Å². The summed E-state index contributed by atoms with van der Waals surface area (Å²) in [7, 11) is 1.85. The lowest BCUT2D eigenvalue weighted by atomic mass is 10.3. The number of amides is 1. The number of thiazole rings is 1. The van der Waals surface area contributed by atoms with E-state index in [1.165, 1.54) is 11.3 Å². The molecule has 0 spiro atoms. The number of carbonyl (C=O) groups excluding carboxylic acids is 1. The van der Waals surface area contributed by atoms with Crippen LogP contribution in [-0.2, 0) is 11.8 Å². The van der Waals surface area contributed by atoms with E-state index in [9.17, 15) is 18.0 Å². The van der Waals surface area contributed by atoms with Crippen molar-refractivity contribution in [2.24, 2.45) is 7.05 Å². The fourth-order valence-electron chi connectivity index (χ4n) is 2.91. The number of hydrogen-bond donors (Lipinski definition) is 3. The van der Waals surface area contributed by atoms with Gasteiger partial charge in [0.15, 0.2) is 5.82 Å². The molecule has 1 fully saturated rings. The van der Waals surface area contributed by atoms with Crippen LogP contribution in [0.5, 0.6) is 0 Å². The summed E-state index contributed by atoms with van der Waals surface area (Å²) < 4.78 is 35.4. The molecule has 4 heterocycles. The molecule has 0 aliphatic carbocycles. The fraction of sp³-hybridized carbons (Fsp3) is 0.389. The van der Waals surface area contributed by atoms with Crippen molar-refractivity contribution in [1.29, 1.82) is 0 Å². The average Bonchev–Trinajstić information content (AvgIpc) is 3.48. The number of aromatic nitrogens is 5. The predicted octanol–water partition coefficient (Wildman–Crippen LogP) is 2.47. The van der Waals surface area contributed by atoms with Gasteiger partial charge in [0.25, 0.3) is 5.91 Å². The molecule has 4 rings (SSSR count). The van der Waals surface area contributed by atoms with Gasteiger partial charge in [0.1, 0.15) is 9.88 Å². The number of aryl methyl sites for hydroxylation is 2. The summed E-state index contributed by atoms with van der Waals surface area (Å²) in [6.07, 6.45) is 1.51. The number of halogens is 3. The van der Waals surface area contributed by atoms with Gasteiger partial charge >= 0.3 is 12.1 Å². The highest BCUT2D eigenvalue weighted by Crippen LogP contribution is 2.28. The number of aliphatic carboxylic acids is 1. The second-order valence-corrected chi connectivity index (χ2v) is 7.92. The van der Waals surface area contributed by atoms with E-state index in [0.29, 0.717) is 22.4 Å². The molecule has 0 radical (unpaired) electrons. The maximum absolute atomic E-state index is 12.6. The van der Waals surface area contributed by atoms with E-state index >= 15 is 0 Å². The van der Waals surface area contributed by atoms with Crippen LogP contribution in [-0.4, -0.2) is 60.8 Å². The van der Waals surface area contributed by atoms with Crippen molar-refractivity contribution in [1.82, 2.24) is 29.9 Å². The van der Waals surface area contributed by atoms with Crippen molar-refractivity contribution in [3.05, 3.63) is 35.2 Å². The van der Waals surface area contributed by atoms with Gasteiger partial charge in [-0.3, -0.25) is 14.2 Å². The Balaban J connectivity index is 0.000000360. The van der Waals surface area contributed by atoms with E-state index in [2.05, 4.69) is 25.8 Å². The van der Waals surface area contributed by atoms with E-state index in [0.717, 1.165) is 30.1 Å². The highest BCUT2D eigenvalue weighted by atomic mass is 32.1. The van der Waals surface area contributed by atoms with Crippen molar-refractivity contribution in [2.75, 3.05) is 18.4 Å². The molecule has 1 atom stereocenters. The SMILES string of the molecule is Cc1nc(-c2cnn(C)c2)sc1C(=O)Nc1ccn(C2CCNC2)n1.O=C(O)C(F)(F)F. The first kappa shape index (κ1) is 23.4. The molecule has 1 amide bonds. The van der Waals surface area contributed by atoms with Crippen molar-refractivity contribution < 1.29 is 27.9 Å². The van der Waals surface area contributed by atoms with Gasteiger partial charge in [0, 0.05) is 37.6 Å². The topological polar surface area (TPSA) is 127 Å². The third kappa shape index (κ3) is 5.70. The van der Waals surface area contributed by atoms with Crippen molar-refractivity contribution in [3.63, 3.8) is 0 Å². The van der Waals surface area contributed by atoms with Crippen LogP contribution in [0.3, 0.4) is 0 Å². The minimum absolute atomic E-state index is 0.181. The van der Waals surface area contributed by atoms with Gasteiger partial charge in [-0.05, 0) is 19.9 Å². The summed E-state index contributed by atoms with van der Waals surface area (Å²) in [5, 5.41) is 22.7. The van der Waals surface area contributed by atoms with E-state index in [1.54, 1.807) is 10.9 Å². The van der Waals surface area contributed by atoms with Crippen molar-refractivity contribution in [3.8, 4) is 10.6 Å². The zero-order chi connectivity index (χ0) is 23.5. The molecule has 3 N–H and O–H groups in total. The van der Waals surface area contributed by atoms with Crippen LogP contribution < -0.4 is 10.6 Å². The van der Waals surface area contributed by atoms with Crippen LogP contribution >= 0.6 is 11.3 Å². The lowest BCUT2D eigenvalue weighted by Crippen LogP contribution is -2.21. The van der Waals surface area contributed by atoms with Gasteiger partial charge in [-0.1, -0.05) is 0 Å². The van der Waals surface area contributed by atoms with E-state index < -0.39 is 12.1 Å². The number of nitrogens with zero attached hydrogens (tertiary/aromatic N) is 5. The monoisotopic (exact) mass is 471 g/mol. The Morgan fingerprint density at radius 1 is 1.38 bits per heavy atom. The van der Waals surface area contributed by atoms with Gasteiger partial charge in [-0.25, -0.2) is 9.78 Å². The minimum atomic E-state index is -5.08. The van der Waals surface area contributed by atoms with E-state index in [4.69, 9.17) is 9.90 Å².